The van der Waals surface area contributed by atoms with Crippen molar-refractivity contribution >= 4 is 39.2 Å². The minimum atomic E-state index is -4.37. The van der Waals surface area contributed by atoms with Gasteiger partial charge in [0.1, 0.15) is 5.57 Å². The lowest BCUT2D eigenvalue weighted by Crippen LogP contribution is -2.26. The third kappa shape index (κ3) is 3.70. The third-order valence-corrected chi connectivity index (χ3v) is 4.35. The van der Waals surface area contributed by atoms with Crippen LogP contribution < -0.4 is 5.01 Å². The van der Waals surface area contributed by atoms with E-state index in [-0.39, 0.29) is 28.5 Å². The van der Waals surface area contributed by atoms with Gasteiger partial charge in [-0.25, -0.2) is 4.79 Å². The molecule has 0 radical (unpaired) electrons. The van der Waals surface area contributed by atoms with Gasteiger partial charge in [-0.05, 0) is 45.0 Å². The summed E-state index contributed by atoms with van der Waals surface area (Å²) in [5.41, 5.74) is -0.222. The van der Waals surface area contributed by atoms with E-state index in [1.54, 1.807) is 6.92 Å². The predicted molar refractivity (Wildman–Crippen MR) is 91.2 cm³/mol. The molecular formula is C16H16N2O7S. The summed E-state index contributed by atoms with van der Waals surface area (Å²) in [5, 5.41) is 4.96. The van der Waals surface area contributed by atoms with E-state index in [2.05, 4.69) is 5.10 Å². The van der Waals surface area contributed by atoms with E-state index in [4.69, 9.17) is 9.29 Å². The second kappa shape index (κ2) is 7.18. The minimum absolute atomic E-state index is 0.0358. The molecule has 0 spiro atoms. The van der Waals surface area contributed by atoms with Gasteiger partial charge in [-0.15, -0.1) is 0 Å². The monoisotopic (exact) mass is 380 g/mol. The van der Waals surface area contributed by atoms with Crippen LogP contribution in [0.5, 0.6) is 0 Å². The summed E-state index contributed by atoms with van der Waals surface area (Å²) in [7, 11) is -4.37. The van der Waals surface area contributed by atoms with Crippen molar-refractivity contribution in [3.8, 4) is 0 Å². The average Bonchev–Trinajstić information content (AvgIpc) is 2.83. The van der Waals surface area contributed by atoms with Crippen LogP contribution in [0.2, 0.25) is 0 Å². The number of hydrogen-bond acceptors (Lipinski definition) is 7. The van der Waals surface area contributed by atoms with Gasteiger partial charge < -0.3 is 4.74 Å². The van der Waals surface area contributed by atoms with Crippen molar-refractivity contribution in [2.24, 2.45) is 5.10 Å². The van der Waals surface area contributed by atoms with Crippen molar-refractivity contribution < 1.29 is 32.1 Å². The summed E-state index contributed by atoms with van der Waals surface area (Å²) in [6.07, 6.45) is 0. The summed E-state index contributed by atoms with van der Waals surface area (Å²) in [6.45, 7) is 4.21. The van der Waals surface area contributed by atoms with Crippen LogP contribution >= 0.6 is 0 Å². The van der Waals surface area contributed by atoms with Gasteiger partial charge in [0.2, 0.25) is 0 Å². The topological polar surface area (TPSA) is 130 Å². The second-order valence-electron chi connectivity index (χ2n) is 5.30. The third-order valence-electron chi connectivity index (χ3n) is 3.48. The Labute approximate surface area is 149 Å². The van der Waals surface area contributed by atoms with Gasteiger partial charge >= 0.3 is 5.97 Å². The Kier molecular flexibility index (Phi) is 5.38. The number of rotatable bonds is 5. The number of carbonyl (C=O) groups excluding carboxylic acids is 3. The predicted octanol–water partition coefficient (Wildman–Crippen LogP) is 1.10. The number of anilines is 1. The standard InChI is InChI=1S/C16H16N2O7S/c1-4-25-16(21)14(10(3)19)13-9(2)17-18(15(13)20)11-5-7-12(8-6-11)26(22,23)24/h5-8H,4H2,1-3H3,(H,22,23,24)/b14-13+. The largest absolute Gasteiger partial charge is 0.462 e. The maximum atomic E-state index is 12.7. The summed E-state index contributed by atoms with van der Waals surface area (Å²) < 4.78 is 36.0. The van der Waals surface area contributed by atoms with Crippen LogP contribution in [0.4, 0.5) is 5.69 Å². The van der Waals surface area contributed by atoms with Gasteiger partial charge in [0, 0.05) is 0 Å². The lowest BCUT2D eigenvalue weighted by molar-refractivity contribution is -0.140. The van der Waals surface area contributed by atoms with E-state index >= 15 is 0 Å². The van der Waals surface area contributed by atoms with E-state index in [0.717, 1.165) is 24.1 Å². The van der Waals surface area contributed by atoms with Gasteiger partial charge in [0.05, 0.1) is 28.5 Å². The first-order valence-corrected chi connectivity index (χ1v) is 8.91. The van der Waals surface area contributed by atoms with Crippen molar-refractivity contribution in [1.82, 2.24) is 0 Å². The molecule has 10 heteroatoms. The lowest BCUT2D eigenvalue weighted by Gasteiger charge is -2.13. The first kappa shape index (κ1) is 19.5. The molecule has 1 aliphatic heterocycles. The Morgan fingerprint density at radius 2 is 1.81 bits per heavy atom. The highest BCUT2D eigenvalue weighted by Crippen LogP contribution is 2.27. The number of benzene rings is 1. The van der Waals surface area contributed by atoms with Crippen LogP contribution in [0.15, 0.2) is 45.4 Å². The maximum Gasteiger partial charge on any atom is 0.342 e. The zero-order valence-electron chi connectivity index (χ0n) is 14.2. The minimum Gasteiger partial charge on any atom is -0.462 e. The first-order valence-electron chi connectivity index (χ1n) is 7.47. The van der Waals surface area contributed by atoms with E-state index in [1.807, 2.05) is 0 Å². The molecule has 1 aliphatic rings. The highest BCUT2D eigenvalue weighted by atomic mass is 32.2. The zero-order chi connectivity index (χ0) is 19.6. The molecular weight excluding hydrogens is 364 g/mol. The molecule has 1 aromatic rings. The quantitative estimate of drug-likeness (QED) is 0.266. The van der Waals surface area contributed by atoms with Crippen LogP contribution in [0.1, 0.15) is 20.8 Å². The number of hydrogen-bond donors (Lipinski definition) is 1. The molecule has 0 unspecified atom stereocenters. The fraction of sp³-hybridized carbons (Fsp3) is 0.250. The summed E-state index contributed by atoms with van der Waals surface area (Å²) in [5.74, 6) is -2.27. The number of hydrazone groups is 1. The van der Waals surface area contributed by atoms with E-state index in [0.29, 0.717) is 0 Å². The highest BCUT2D eigenvalue weighted by molar-refractivity contribution is 7.85. The molecule has 0 fully saturated rings. The molecule has 9 nitrogen and oxygen atoms in total. The Hall–Kier alpha value is -2.85. The molecule has 26 heavy (non-hydrogen) atoms. The van der Waals surface area contributed by atoms with Gasteiger partial charge in [-0.3, -0.25) is 14.1 Å². The molecule has 2 rings (SSSR count). The number of ketones is 1. The number of amides is 1. The molecule has 0 aromatic heterocycles. The summed E-state index contributed by atoms with van der Waals surface area (Å²) in [4.78, 5) is 36.2. The van der Waals surface area contributed by atoms with Crippen LogP contribution in [-0.4, -0.2) is 42.9 Å². The molecule has 0 saturated heterocycles. The number of ether oxygens (including phenoxy) is 1. The molecule has 1 aromatic carbocycles. The summed E-state index contributed by atoms with van der Waals surface area (Å²) in [6, 6.07) is 4.72. The lowest BCUT2D eigenvalue weighted by atomic mass is 10.0. The van der Waals surface area contributed by atoms with Crippen molar-refractivity contribution in [3.63, 3.8) is 0 Å². The molecule has 0 saturated carbocycles. The van der Waals surface area contributed by atoms with Gasteiger partial charge in [0.25, 0.3) is 16.0 Å². The number of Topliss-reactive ketones (excluding diaryl/α,β-unsaturated/α-hetero) is 1. The van der Waals surface area contributed by atoms with Crippen molar-refractivity contribution in [3.05, 3.63) is 35.4 Å². The Bertz CT molecular complexity index is 943. The molecule has 1 amide bonds. The molecule has 0 atom stereocenters. The maximum absolute atomic E-state index is 12.7. The van der Waals surface area contributed by atoms with Crippen LogP contribution in [0.3, 0.4) is 0 Å². The van der Waals surface area contributed by atoms with E-state index in [1.165, 1.54) is 19.1 Å². The van der Waals surface area contributed by atoms with Crippen molar-refractivity contribution in [1.29, 1.82) is 0 Å². The molecule has 138 valence electrons. The molecule has 0 aliphatic carbocycles. The molecule has 0 bridgehead atoms. The second-order valence-corrected chi connectivity index (χ2v) is 6.72. The smallest absolute Gasteiger partial charge is 0.342 e. The average molecular weight is 380 g/mol. The zero-order valence-corrected chi connectivity index (χ0v) is 15.0. The molecule has 1 heterocycles. The van der Waals surface area contributed by atoms with Crippen LogP contribution in [0, 0.1) is 0 Å². The van der Waals surface area contributed by atoms with E-state index in [9.17, 15) is 22.8 Å². The molecule has 1 N–H and O–H groups in total. The SMILES string of the molecule is CCOC(=O)/C(C(C)=O)=C1/C(=O)N(c2ccc(S(=O)(=O)O)cc2)N=C1C. The number of nitrogens with zero attached hydrogens (tertiary/aromatic N) is 2. The van der Waals surface area contributed by atoms with Crippen molar-refractivity contribution in [2.45, 2.75) is 25.7 Å². The Morgan fingerprint density at radius 3 is 2.27 bits per heavy atom. The fourth-order valence-corrected chi connectivity index (χ4v) is 2.83. The van der Waals surface area contributed by atoms with Gasteiger partial charge in [0.15, 0.2) is 5.78 Å². The summed E-state index contributed by atoms with van der Waals surface area (Å²) >= 11 is 0. The van der Waals surface area contributed by atoms with Gasteiger partial charge in [-0.2, -0.15) is 18.5 Å². The van der Waals surface area contributed by atoms with Gasteiger partial charge in [-0.1, -0.05) is 0 Å². The van der Waals surface area contributed by atoms with Crippen molar-refractivity contribution in [2.75, 3.05) is 11.6 Å². The van der Waals surface area contributed by atoms with Crippen LogP contribution in [-0.2, 0) is 29.2 Å². The normalized spacial score (nSPS) is 16.4. The number of esters is 1. The fourth-order valence-electron chi connectivity index (χ4n) is 2.35. The first-order chi connectivity index (χ1) is 12.1. The van der Waals surface area contributed by atoms with Crippen LogP contribution in [0.25, 0.3) is 0 Å². The number of carbonyl (C=O) groups is 3. The Balaban J connectivity index is 2.48. The van der Waals surface area contributed by atoms with E-state index < -0.39 is 33.4 Å². The highest BCUT2D eigenvalue weighted by Gasteiger charge is 2.36. The Morgan fingerprint density at radius 1 is 1.23 bits per heavy atom.